The lowest BCUT2D eigenvalue weighted by Crippen LogP contribution is -2.57. The molecular weight excluding hydrogens is 692 g/mol. The van der Waals surface area contributed by atoms with Gasteiger partial charge in [0.1, 0.15) is 23.1 Å². The molecule has 2 aromatic carbocycles. The monoisotopic (exact) mass is 754 g/mol. The van der Waals surface area contributed by atoms with Crippen LogP contribution in [0.15, 0.2) is 48.5 Å². The van der Waals surface area contributed by atoms with Crippen molar-refractivity contribution >= 4 is 23.9 Å². The van der Waals surface area contributed by atoms with Gasteiger partial charge in [-0.15, -0.1) is 0 Å². The molecule has 0 radical (unpaired) electrons. The van der Waals surface area contributed by atoms with Gasteiger partial charge in [-0.2, -0.15) is 0 Å². The first-order valence-corrected chi connectivity index (χ1v) is 19.4. The Kier molecular flexibility index (Phi) is 18.6. The minimum Gasteiger partial charge on any atom is -0.494 e. The molecule has 0 saturated heterocycles. The third-order valence-corrected chi connectivity index (χ3v) is 9.10. The number of unbranched alkanes of at least 4 members (excludes halogenated alkanes) is 3. The lowest BCUT2D eigenvalue weighted by Gasteiger charge is -2.29. The highest BCUT2D eigenvalue weighted by Gasteiger charge is 2.31. The van der Waals surface area contributed by atoms with Gasteiger partial charge in [-0.3, -0.25) is 9.59 Å². The predicted molar refractivity (Wildman–Crippen MR) is 206 cm³/mol. The van der Waals surface area contributed by atoms with Gasteiger partial charge in [0.05, 0.1) is 31.4 Å². The average Bonchev–Trinajstić information content (AvgIpc) is 3.14. The maximum absolute atomic E-state index is 13.9. The Hall–Kier alpha value is -4.36. The topological polar surface area (TPSA) is 174 Å². The van der Waals surface area contributed by atoms with Crippen LogP contribution >= 0.6 is 0 Å². The zero-order valence-corrected chi connectivity index (χ0v) is 32.9. The molecule has 2 bridgehead atoms. The Morgan fingerprint density at radius 1 is 1.00 bits per heavy atom. The first kappa shape index (κ1) is 44.0. The highest BCUT2D eigenvalue weighted by molar-refractivity contribution is 5.90. The summed E-state index contributed by atoms with van der Waals surface area (Å²) in [7, 11) is 0. The summed E-state index contributed by atoms with van der Waals surface area (Å²) in [5.74, 6) is -0.0475. The fourth-order valence-corrected chi connectivity index (χ4v) is 5.78. The van der Waals surface area contributed by atoms with Crippen LogP contribution in [-0.4, -0.2) is 91.7 Å². The van der Waals surface area contributed by atoms with Crippen LogP contribution < -0.4 is 30.7 Å². The molecular formula is C41H62N4O9. The molecule has 0 saturated carbocycles. The molecule has 13 heteroatoms. The summed E-state index contributed by atoms with van der Waals surface area (Å²) < 4.78 is 22.2. The summed E-state index contributed by atoms with van der Waals surface area (Å²) in [4.78, 5) is 52.1. The summed E-state index contributed by atoms with van der Waals surface area (Å²) in [5, 5.41) is 23.4. The van der Waals surface area contributed by atoms with E-state index in [1.165, 1.54) is 0 Å². The van der Waals surface area contributed by atoms with Gasteiger partial charge >= 0.3 is 12.1 Å². The molecule has 0 aromatic heterocycles. The van der Waals surface area contributed by atoms with Crippen molar-refractivity contribution in [3.8, 4) is 11.5 Å². The summed E-state index contributed by atoms with van der Waals surface area (Å²) in [6.45, 7) is 12.2. The number of alkyl carbamates (subject to hydrolysis) is 1. The fourth-order valence-electron chi connectivity index (χ4n) is 5.78. The molecule has 54 heavy (non-hydrogen) atoms. The number of esters is 1. The molecule has 5 atom stereocenters. The molecule has 0 aliphatic carbocycles. The van der Waals surface area contributed by atoms with Gasteiger partial charge in [0.2, 0.25) is 11.8 Å². The van der Waals surface area contributed by atoms with Gasteiger partial charge in [-0.1, -0.05) is 70.7 Å². The molecule has 0 unspecified atom stereocenters. The zero-order valence-electron chi connectivity index (χ0n) is 32.9. The molecule has 2 aliphatic heterocycles. The third-order valence-electron chi connectivity index (χ3n) is 9.10. The van der Waals surface area contributed by atoms with E-state index >= 15 is 0 Å². The number of aliphatic hydroxyl groups excluding tert-OH is 1. The van der Waals surface area contributed by atoms with Crippen LogP contribution in [0, 0.1) is 5.92 Å². The number of benzene rings is 2. The molecule has 2 aliphatic rings. The van der Waals surface area contributed by atoms with E-state index in [9.17, 15) is 24.3 Å². The van der Waals surface area contributed by atoms with Gasteiger partial charge in [0.15, 0.2) is 6.61 Å². The van der Waals surface area contributed by atoms with E-state index in [0.29, 0.717) is 44.1 Å². The second-order valence-electron chi connectivity index (χ2n) is 14.9. The SMILES string of the molecule is CCCCCCOC(=O)COc1ccc(C[C@H](NC(=O)OC(C)(C)C)[C@H](O)CN[C@H]2Cc3ccc(cc3)OCCCNC(=O)[C@H]([C@@H](C)CC)NC2=O)cc1. The van der Waals surface area contributed by atoms with Crippen molar-refractivity contribution in [1.82, 2.24) is 21.3 Å². The summed E-state index contributed by atoms with van der Waals surface area (Å²) in [6, 6.07) is 12.1. The maximum Gasteiger partial charge on any atom is 0.407 e. The van der Waals surface area contributed by atoms with E-state index in [-0.39, 0.29) is 43.7 Å². The van der Waals surface area contributed by atoms with E-state index in [0.717, 1.165) is 36.8 Å². The normalized spacial score (nSPS) is 18.4. The van der Waals surface area contributed by atoms with Gasteiger partial charge in [0, 0.05) is 13.1 Å². The summed E-state index contributed by atoms with van der Waals surface area (Å²) in [5.41, 5.74) is 0.863. The van der Waals surface area contributed by atoms with Gasteiger partial charge in [-0.05, 0) is 87.8 Å². The average molecular weight is 755 g/mol. The van der Waals surface area contributed by atoms with Crippen LogP contribution in [0.1, 0.15) is 91.2 Å². The molecule has 13 nitrogen and oxygen atoms in total. The number of hydrogen-bond acceptors (Lipinski definition) is 10. The number of nitrogens with one attached hydrogen (secondary N) is 4. The minimum atomic E-state index is -1.16. The Morgan fingerprint density at radius 3 is 2.39 bits per heavy atom. The smallest absolute Gasteiger partial charge is 0.407 e. The quantitative estimate of drug-likeness (QED) is 0.113. The second-order valence-corrected chi connectivity index (χ2v) is 14.9. The molecule has 3 amide bonds. The number of fused-ring (bicyclic) bond motifs is 12. The Balaban J connectivity index is 1.74. The zero-order chi connectivity index (χ0) is 39.5. The van der Waals surface area contributed by atoms with Gasteiger partial charge < -0.3 is 45.3 Å². The minimum absolute atomic E-state index is 0.0678. The van der Waals surface area contributed by atoms with Crippen molar-refractivity contribution in [3.05, 3.63) is 59.7 Å². The molecule has 2 aromatic rings. The molecule has 300 valence electrons. The second kappa shape index (κ2) is 22.8. The first-order valence-electron chi connectivity index (χ1n) is 19.4. The van der Waals surface area contributed by atoms with Crippen molar-refractivity contribution in [2.24, 2.45) is 5.92 Å². The molecule has 2 heterocycles. The van der Waals surface area contributed by atoms with E-state index < -0.39 is 41.9 Å². The van der Waals surface area contributed by atoms with E-state index in [2.05, 4.69) is 28.2 Å². The standard InChI is InChI=1S/C41H62N4O9/c1-7-9-10-11-22-52-36(47)27-53-32-19-15-29(16-20-32)24-33(44-40(50)54-41(4,5)6)35(46)26-43-34-25-30-13-17-31(18-14-30)51-23-12-21-42-39(49)37(28(3)8-2)45-38(34)48/h13-20,28,33-35,37,43,46H,7-12,21-27H2,1-6H3,(H,42,49)(H,44,50)(H,45,48)/t28-,33-,34-,35+,37-/m0/s1. The Morgan fingerprint density at radius 2 is 1.72 bits per heavy atom. The summed E-state index contributed by atoms with van der Waals surface area (Å²) in [6.07, 6.45) is 3.97. The van der Waals surface area contributed by atoms with E-state index in [1.807, 2.05) is 38.1 Å². The van der Waals surface area contributed by atoms with Gasteiger partial charge in [-0.25, -0.2) is 9.59 Å². The van der Waals surface area contributed by atoms with Crippen molar-refractivity contribution in [2.75, 3.05) is 32.9 Å². The van der Waals surface area contributed by atoms with Gasteiger partial charge in [0.25, 0.3) is 0 Å². The number of aliphatic hydroxyl groups is 1. The van der Waals surface area contributed by atoms with Crippen molar-refractivity contribution in [3.63, 3.8) is 0 Å². The third kappa shape index (κ3) is 16.3. The Labute approximate surface area is 320 Å². The number of rotatable bonds is 17. The summed E-state index contributed by atoms with van der Waals surface area (Å²) >= 11 is 0. The highest BCUT2D eigenvalue weighted by atomic mass is 16.6. The molecule has 5 N–H and O–H groups in total. The maximum atomic E-state index is 13.9. The fraction of sp³-hybridized carbons (Fsp3) is 0.610. The van der Waals surface area contributed by atoms with Crippen LogP contribution in [0.4, 0.5) is 4.79 Å². The van der Waals surface area contributed by atoms with Crippen molar-refractivity contribution in [2.45, 2.75) is 123 Å². The van der Waals surface area contributed by atoms with Crippen LogP contribution in [0.25, 0.3) is 0 Å². The van der Waals surface area contributed by atoms with Crippen molar-refractivity contribution in [1.29, 1.82) is 0 Å². The van der Waals surface area contributed by atoms with E-state index in [1.54, 1.807) is 45.0 Å². The lowest BCUT2D eigenvalue weighted by atomic mass is 9.96. The first-order chi connectivity index (χ1) is 25.8. The number of amides is 3. The molecule has 0 fully saturated rings. The molecule has 0 spiro atoms. The highest BCUT2D eigenvalue weighted by Crippen LogP contribution is 2.18. The Bertz CT molecular complexity index is 1450. The number of carbonyl (C=O) groups excluding carboxylic acids is 4. The number of carbonyl (C=O) groups is 4. The number of ether oxygens (including phenoxy) is 4. The van der Waals surface area contributed by atoms with Crippen LogP contribution in [0.3, 0.4) is 0 Å². The van der Waals surface area contributed by atoms with Crippen LogP contribution in [-0.2, 0) is 36.7 Å². The number of hydrogen-bond donors (Lipinski definition) is 5. The lowest BCUT2D eigenvalue weighted by molar-refractivity contribution is -0.146. The van der Waals surface area contributed by atoms with Crippen molar-refractivity contribution < 1.29 is 43.2 Å². The predicted octanol–water partition coefficient (Wildman–Crippen LogP) is 4.62. The van der Waals surface area contributed by atoms with E-state index in [4.69, 9.17) is 18.9 Å². The van der Waals surface area contributed by atoms with Crippen LogP contribution in [0.5, 0.6) is 11.5 Å². The largest absolute Gasteiger partial charge is 0.494 e. The molecule has 4 rings (SSSR count). The van der Waals surface area contributed by atoms with Crippen LogP contribution in [0.2, 0.25) is 0 Å².